The fourth-order valence-corrected chi connectivity index (χ4v) is 2.06. The van der Waals surface area contributed by atoms with E-state index in [1.165, 1.54) is 12.1 Å². The summed E-state index contributed by atoms with van der Waals surface area (Å²) in [4.78, 5) is 25.7. The second kappa shape index (κ2) is 7.50. The molecule has 0 aromatic heterocycles. The van der Waals surface area contributed by atoms with Crippen LogP contribution in [0.5, 0.6) is 5.75 Å². The molecule has 126 valence electrons. The average Bonchev–Trinajstić information content (AvgIpc) is 2.55. The molecule has 2 N–H and O–H groups in total. The van der Waals surface area contributed by atoms with Crippen molar-refractivity contribution < 1.29 is 19.4 Å². The standard InChI is InChI=1S/C18H20N2O4/c1-12-4-9-16(21)15(10-12)18(23)24-11-17(22)19-13-5-7-14(8-6-13)20(2)3/h4-10,21H,11H2,1-3H3,(H,19,22). The van der Waals surface area contributed by atoms with Gasteiger partial charge in [-0.2, -0.15) is 0 Å². The quantitative estimate of drug-likeness (QED) is 0.825. The third-order valence-electron chi connectivity index (χ3n) is 3.37. The van der Waals surface area contributed by atoms with Gasteiger partial charge < -0.3 is 20.1 Å². The van der Waals surface area contributed by atoms with Crippen molar-refractivity contribution in [3.05, 3.63) is 53.6 Å². The van der Waals surface area contributed by atoms with E-state index in [0.29, 0.717) is 5.69 Å². The molecule has 0 aliphatic rings. The molecule has 0 unspecified atom stereocenters. The van der Waals surface area contributed by atoms with Crippen molar-refractivity contribution in [2.24, 2.45) is 0 Å². The lowest BCUT2D eigenvalue weighted by Gasteiger charge is -2.13. The van der Waals surface area contributed by atoms with Crippen molar-refractivity contribution in [1.29, 1.82) is 0 Å². The number of rotatable bonds is 5. The molecule has 24 heavy (non-hydrogen) atoms. The third kappa shape index (κ3) is 4.49. The second-order valence-electron chi connectivity index (χ2n) is 5.59. The SMILES string of the molecule is Cc1ccc(O)c(C(=O)OCC(=O)Nc2ccc(N(C)C)cc2)c1. The first-order valence-electron chi connectivity index (χ1n) is 7.41. The molecule has 2 rings (SSSR count). The van der Waals surface area contributed by atoms with Crippen LogP contribution in [0.25, 0.3) is 0 Å². The number of aryl methyl sites for hydroxylation is 1. The summed E-state index contributed by atoms with van der Waals surface area (Å²) in [6.07, 6.45) is 0. The first kappa shape index (κ1) is 17.3. The number of anilines is 2. The summed E-state index contributed by atoms with van der Waals surface area (Å²) in [6.45, 7) is 1.36. The summed E-state index contributed by atoms with van der Waals surface area (Å²) in [5, 5.41) is 12.3. The monoisotopic (exact) mass is 328 g/mol. The second-order valence-corrected chi connectivity index (χ2v) is 5.59. The van der Waals surface area contributed by atoms with Gasteiger partial charge in [0.1, 0.15) is 11.3 Å². The van der Waals surface area contributed by atoms with Gasteiger partial charge in [0.05, 0.1) is 0 Å². The number of phenolic OH excluding ortho intramolecular Hbond substituents is 1. The highest BCUT2D eigenvalue weighted by molar-refractivity contribution is 5.96. The number of carbonyl (C=O) groups is 2. The predicted molar refractivity (Wildman–Crippen MR) is 92.5 cm³/mol. The Kier molecular flexibility index (Phi) is 5.42. The maximum atomic E-state index is 11.9. The van der Waals surface area contributed by atoms with E-state index >= 15 is 0 Å². The highest BCUT2D eigenvalue weighted by atomic mass is 16.5. The number of nitrogens with one attached hydrogen (secondary N) is 1. The molecule has 0 aliphatic carbocycles. The van der Waals surface area contributed by atoms with Crippen LogP contribution in [0.2, 0.25) is 0 Å². The third-order valence-corrected chi connectivity index (χ3v) is 3.37. The Hall–Kier alpha value is -3.02. The maximum Gasteiger partial charge on any atom is 0.342 e. The number of phenols is 1. The van der Waals surface area contributed by atoms with E-state index in [1.807, 2.05) is 31.1 Å². The van der Waals surface area contributed by atoms with Gasteiger partial charge in [-0.1, -0.05) is 11.6 Å². The van der Waals surface area contributed by atoms with Gasteiger partial charge in [-0.25, -0.2) is 4.79 Å². The minimum absolute atomic E-state index is 0.0399. The number of nitrogens with zero attached hydrogens (tertiary/aromatic N) is 1. The van der Waals surface area contributed by atoms with Crippen molar-refractivity contribution in [3.63, 3.8) is 0 Å². The Morgan fingerprint density at radius 3 is 2.42 bits per heavy atom. The van der Waals surface area contributed by atoms with Crippen LogP contribution in [0, 0.1) is 6.92 Å². The lowest BCUT2D eigenvalue weighted by molar-refractivity contribution is -0.119. The van der Waals surface area contributed by atoms with Crippen molar-refractivity contribution in [2.75, 3.05) is 30.9 Å². The molecule has 0 bridgehead atoms. The summed E-state index contributed by atoms with van der Waals surface area (Å²) >= 11 is 0. The van der Waals surface area contributed by atoms with Crippen LogP contribution in [0.15, 0.2) is 42.5 Å². The molecule has 6 heteroatoms. The number of amides is 1. The van der Waals surface area contributed by atoms with Gasteiger partial charge in [-0.05, 0) is 43.3 Å². The zero-order chi connectivity index (χ0) is 17.7. The Labute approximate surface area is 140 Å². The summed E-state index contributed by atoms with van der Waals surface area (Å²) < 4.78 is 4.94. The van der Waals surface area contributed by atoms with Gasteiger partial charge in [-0.15, -0.1) is 0 Å². The number of hydrogen-bond donors (Lipinski definition) is 2. The smallest absolute Gasteiger partial charge is 0.342 e. The highest BCUT2D eigenvalue weighted by Crippen LogP contribution is 2.19. The fraction of sp³-hybridized carbons (Fsp3) is 0.222. The Bertz CT molecular complexity index is 739. The molecule has 0 aliphatic heterocycles. The van der Waals surface area contributed by atoms with E-state index in [-0.39, 0.29) is 11.3 Å². The molecule has 0 radical (unpaired) electrons. The van der Waals surface area contributed by atoms with Gasteiger partial charge >= 0.3 is 5.97 Å². The normalized spacial score (nSPS) is 10.1. The summed E-state index contributed by atoms with van der Waals surface area (Å²) in [6, 6.07) is 11.9. The number of aromatic hydroxyl groups is 1. The molecule has 2 aromatic rings. The van der Waals surface area contributed by atoms with E-state index in [4.69, 9.17) is 4.74 Å². The first-order chi connectivity index (χ1) is 11.4. The van der Waals surface area contributed by atoms with E-state index in [2.05, 4.69) is 5.32 Å². The lowest BCUT2D eigenvalue weighted by Crippen LogP contribution is -2.21. The number of benzene rings is 2. The van der Waals surface area contributed by atoms with E-state index in [0.717, 1.165) is 11.3 Å². The molecule has 0 saturated carbocycles. The molecule has 0 saturated heterocycles. The van der Waals surface area contributed by atoms with Crippen LogP contribution < -0.4 is 10.2 Å². The molecule has 2 aromatic carbocycles. The average molecular weight is 328 g/mol. The molecule has 1 amide bonds. The van der Waals surface area contributed by atoms with Crippen LogP contribution in [0.4, 0.5) is 11.4 Å². The number of carbonyl (C=O) groups excluding carboxylic acids is 2. The van der Waals surface area contributed by atoms with Crippen molar-refractivity contribution in [2.45, 2.75) is 6.92 Å². The highest BCUT2D eigenvalue weighted by Gasteiger charge is 2.14. The van der Waals surface area contributed by atoms with Crippen LogP contribution in [-0.2, 0) is 9.53 Å². The minimum atomic E-state index is -0.741. The van der Waals surface area contributed by atoms with Gasteiger partial charge in [-0.3, -0.25) is 4.79 Å². The van der Waals surface area contributed by atoms with Crippen LogP contribution >= 0.6 is 0 Å². The van der Waals surface area contributed by atoms with Gasteiger partial charge in [0.2, 0.25) is 0 Å². The molecule has 6 nitrogen and oxygen atoms in total. The summed E-state index contributed by atoms with van der Waals surface area (Å²) in [7, 11) is 3.85. The van der Waals surface area contributed by atoms with Gasteiger partial charge in [0, 0.05) is 25.5 Å². The summed E-state index contributed by atoms with van der Waals surface area (Å²) in [5.41, 5.74) is 2.47. The maximum absolute atomic E-state index is 11.9. The predicted octanol–water partition coefficient (Wildman–Crippen LogP) is 2.56. The van der Waals surface area contributed by atoms with Crippen molar-refractivity contribution in [1.82, 2.24) is 0 Å². The van der Waals surface area contributed by atoms with E-state index in [9.17, 15) is 14.7 Å². The fourth-order valence-electron chi connectivity index (χ4n) is 2.06. The number of ether oxygens (including phenoxy) is 1. The Balaban J connectivity index is 1.90. The number of esters is 1. The Morgan fingerprint density at radius 2 is 1.79 bits per heavy atom. The van der Waals surface area contributed by atoms with E-state index < -0.39 is 18.5 Å². The topological polar surface area (TPSA) is 78.9 Å². The molecular formula is C18H20N2O4. The zero-order valence-electron chi connectivity index (χ0n) is 13.9. The molecule has 0 atom stereocenters. The van der Waals surface area contributed by atoms with Crippen molar-refractivity contribution in [3.8, 4) is 5.75 Å². The first-order valence-corrected chi connectivity index (χ1v) is 7.41. The van der Waals surface area contributed by atoms with E-state index in [1.54, 1.807) is 25.1 Å². The molecule has 0 heterocycles. The number of hydrogen-bond acceptors (Lipinski definition) is 5. The summed E-state index contributed by atoms with van der Waals surface area (Å²) in [5.74, 6) is -1.37. The largest absolute Gasteiger partial charge is 0.507 e. The van der Waals surface area contributed by atoms with Gasteiger partial charge in [0.25, 0.3) is 5.91 Å². The minimum Gasteiger partial charge on any atom is -0.507 e. The molecular weight excluding hydrogens is 308 g/mol. The van der Waals surface area contributed by atoms with Crippen LogP contribution in [0.1, 0.15) is 15.9 Å². The van der Waals surface area contributed by atoms with Crippen molar-refractivity contribution >= 4 is 23.3 Å². The Morgan fingerprint density at radius 1 is 1.12 bits per heavy atom. The van der Waals surface area contributed by atoms with Crippen LogP contribution in [0.3, 0.4) is 0 Å². The molecule has 0 fully saturated rings. The van der Waals surface area contributed by atoms with Crippen LogP contribution in [-0.4, -0.2) is 37.7 Å². The van der Waals surface area contributed by atoms with Gasteiger partial charge in [0.15, 0.2) is 6.61 Å². The zero-order valence-corrected chi connectivity index (χ0v) is 13.9. The lowest BCUT2D eigenvalue weighted by atomic mass is 10.1. The molecule has 0 spiro atoms.